The van der Waals surface area contributed by atoms with Crippen molar-refractivity contribution in [3.63, 3.8) is 0 Å². The van der Waals surface area contributed by atoms with Crippen LogP contribution < -0.4 is 15.4 Å². The van der Waals surface area contributed by atoms with Crippen LogP contribution in [0.4, 0.5) is 23.5 Å². The molecular formula is C22H13ClF4N6O3. The number of alkyl halides is 3. The average molecular weight is 521 g/mol. The summed E-state index contributed by atoms with van der Waals surface area (Å²) in [6.45, 7) is 0. The van der Waals surface area contributed by atoms with Crippen molar-refractivity contribution in [1.82, 2.24) is 25.5 Å². The minimum atomic E-state index is -4.84. The molecule has 0 unspecified atom stereocenters. The highest BCUT2D eigenvalue weighted by atomic mass is 35.5. The maximum atomic E-state index is 14.2. The van der Waals surface area contributed by atoms with Gasteiger partial charge in [-0.1, -0.05) is 11.6 Å². The van der Waals surface area contributed by atoms with Crippen LogP contribution in [-0.2, 0) is 6.18 Å². The van der Waals surface area contributed by atoms with Gasteiger partial charge in [0.1, 0.15) is 22.7 Å². The Hall–Kier alpha value is -4.39. The highest BCUT2D eigenvalue weighted by molar-refractivity contribution is 6.31. The van der Waals surface area contributed by atoms with Crippen LogP contribution >= 0.6 is 11.6 Å². The van der Waals surface area contributed by atoms with E-state index >= 15 is 0 Å². The van der Waals surface area contributed by atoms with E-state index in [0.29, 0.717) is 23.6 Å². The Kier molecular flexibility index (Phi) is 6.66. The van der Waals surface area contributed by atoms with Crippen molar-refractivity contribution in [3.8, 4) is 11.5 Å². The summed E-state index contributed by atoms with van der Waals surface area (Å²) in [4.78, 5) is 32.1. The zero-order valence-corrected chi connectivity index (χ0v) is 18.8. The highest BCUT2D eigenvalue weighted by Crippen LogP contribution is 2.33. The van der Waals surface area contributed by atoms with Gasteiger partial charge in [-0.2, -0.15) is 13.2 Å². The van der Waals surface area contributed by atoms with Gasteiger partial charge in [0.25, 0.3) is 11.8 Å². The van der Waals surface area contributed by atoms with Gasteiger partial charge in [0.05, 0.1) is 21.7 Å². The number of anilines is 1. The lowest BCUT2D eigenvalue weighted by atomic mass is 10.1. The highest BCUT2D eigenvalue weighted by Gasteiger charge is 2.33. The quantitative estimate of drug-likeness (QED) is 0.368. The smallest absolute Gasteiger partial charge is 0.416 e. The summed E-state index contributed by atoms with van der Waals surface area (Å²) in [5.41, 5.74) is -1.58. The average Bonchev–Trinajstić information content (AvgIpc) is 2.84. The minimum absolute atomic E-state index is 0.149. The molecule has 2 N–H and O–H groups in total. The molecule has 0 saturated heterocycles. The number of hydrogen-bond acceptors (Lipinski definition) is 7. The Morgan fingerprint density at radius 1 is 0.972 bits per heavy atom. The number of carbonyl (C=O) groups is 2. The number of carbonyl (C=O) groups excluding carboxylic acids is 2. The maximum Gasteiger partial charge on any atom is 0.416 e. The fourth-order valence-corrected chi connectivity index (χ4v) is 3.20. The third-order valence-electron chi connectivity index (χ3n) is 4.68. The van der Waals surface area contributed by atoms with Crippen molar-refractivity contribution in [2.75, 3.05) is 12.4 Å². The summed E-state index contributed by atoms with van der Waals surface area (Å²) in [7, 11) is 1.47. The molecule has 0 saturated carbocycles. The summed E-state index contributed by atoms with van der Waals surface area (Å²) in [5, 5.41) is 11.3. The molecule has 4 rings (SSSR count). The number of rotatable bonds is 5. The number of amides is 2. The van der Waals surface area contributed by atoms with E-state index in [-0.39, 0.29) is 22.7 Å². The topological polar surface area (TPSA) is 119 Å². The van der Waals surface area contributed by atoms with Crippen molar-refractivity contribution >= 4 is 40.4 Å². The van der Waals surface area contributed by atoms with Gasteiger partial charge in [-0.15, -0.1) is 10.2 Å². The molecule has 184 valence electrons. The number of pyridine rings is 1. The van der Waals surface area contributed by atoms with E-state index in [1.807, 2.05) is 0 Å². The summed E-state index contributed by atoms with van der Waals surface area (Å²) >= 11 is 5.52. The van der Waals surface area contributed by atoms with E-state index < -0.39 is 40.0 Å². The van der Waals surface area contributed by atoms with E-state index in [0.717, 1.165) is 0 Å². The first-order valence-electron chi connectivity index (χ1n) is 9.93. The van der Waals surface area contributed by atoms with Gasteiger partial charge in [-0.3, -0.25) is 19.9 Å². The van der Waals surface area contributed by atoms with Gasteiger partial charge < -0.3 is 10.1 Å². The molecule has 0 radical (unpaired) electrons. The minimum Gasteiger partial charge on any atom is -0.457 e. The molecule has 0 atom stereocenters. The third-order valence-corrected chi connectivity index (χ3v) is 4.95. The number of fused-ring (bicyclic) bond motifs is 1. The van der Waals surface area contributed by atoms with Crippen LogP contribution in [0.2, 0.25) is 5.02 Å². The molecule has 0 aliphatic rings. The second-order valence-electron chi connectivity index (χ2n) is 7.12. The second-order valence-corrected chi connectivity index (χ2v) is 7.52. The largest absolute Gasteiger partial charge is 0.457 e. The number of hydrogen-bond donors (Lipinski definition) is 2. The second kappa shape index (κ2) is 9.70. The molecule has 0 bridgehead atoms. The van der Waals surface area contributed by atoms with E-state index in [9.17, 15) is 27.2 Å². The Morgan fingerprint density at radius 2 is 1.72 bits per heavy atom. The van der Waals surface area contributed by atoms with Gasteiger partial charge >= 0.3 is 6.18 Å². The van der Waals surface area contributed by atoms with E-state index in [2.05, 4.69) is 30.8 Å². The zero-order chi connectivity index (χ0) is 26.0. The summed E-state index contributed by atoms with van der Waals surface area (Å²) in [6, 6.07) is 8.18. The van der Waals surface area contributed by atoms with Crippen LogP contribution in [-0.4, -0.2) is 39.0 Å². The fraction of sp³-hybridized carbons (Fsp3) is 0.0909. The van der Waals surface area contributed by atoms with Crippen LogP contribution in [0.25, 0.3) is 11.0 Å². The fourth-order valence-electron chi connectivity index (χ4n) is 2.98. The molecule has 14 heteroatoms. The molecule has 2 aromatic heterocycles. The SMILES string of the molecule is CNC(=O)c1cc(Oc2ccc3nc(NC(=O)c4cc(C(F)(F)F)cc(Cl)c4F)nnc3c2)ccn1. The number of ether oxygens (including phenoxy) is 1. The normalized spacial score (nSPS) is 11.3. The molecule has 9 nitrogen and oxygen atoms in total. The first-order chi connectivity index (χ1) is 17.0. The van der Waals surface area contributed by atoms with Gasteiger partial charge in [0.2, 0.25) is 5.95 Å². The molecule has 2 amide bonds. The van der Waals surface area contributed by atoms with Gasteiger partial charge in [0, 0.05) is 25.4 Å². The molecule has 0 aliphatic heterocycles. The van der Waals surface area contributed by atoms with Crippen LogP contribution in [0.15, 0.2) is 48.7 Å². The molecular weight excluding hydrogens is 508 g/mol. The molecule has 0 spiro atoms. The molecule has 2 aromatic carbocycles. The van der Waals surface area contributed by atoms with Crippen molar-refractivity contribution in [2.24, 2.45) is 0 Å². The monoisotopic (exact) mass is 520 g/mol. The predicted octanol–water partition coefficient (Wildman–Crippen LogP) is 4.64. The lowest BCUT2D eigenvalue weighted by molar-refractivity contribution is -0.137. The van der Waals surface area contributed by atoms with Gasteiger partial charge in [-0.05, 0) is 30.3 Å². The van der Waals surface area contributed by atoms with E-state index in [4.69, 9.17) is 16.3 Å². The number of nitrogens with one attached hydrogen (secondary N) is 2. The van der Waals surface area contributed by atoms with Crippen LogP contribution in [0, 0.1) is 5.82 Å². The molecule has 36 heavy (non-hydrogen) atoms. The van der Waals surface area contributed by atoms with Crippen LogP contribution in [0.5, 0.6) is 11.5 Å². The lowest BCUT2D eigenvalue weighted by Gasteiger charge is -2.11. The summed E-state index contributed by atoms with van der Waals surface area (Å²) in [6.07, 6.45) is -3.44. The number of nitrogens with zero attached hydrogens (tertiary/aromatic N) is 4. The van der Waals surface area contributed by atoms with Crippen molar-refractivity contribution in [1.29, 1.82) is 0 Å². The molecule has 4 aromatic rings. The summed E-state index contributed by atoms with van der Waals surface area (Å²) < 4.78 is 59.0. The Morgan fingerprint density at radius 3 is 2.44 bits per heavy atom. The lowest BCUT2D eigenvalue weighted by Crippen LogP contribution is -2.18. The maximum absolute atomic E-state index is 14.2. The van der Waals surface area contributed by atoms with E-state index in [1.54, 1.807) is 6.07 Å². The first kappa shape index (κ1) is 24.7. The van der Waals surface area contributed by atoms with Crippen LogP contribution in [0.1, 0.15) is 26.4 Å². The predicted molar refractivity (Wildman–Crippen MR) is 119 cm³/mol. The zero-order valence-electron chi connectivity index (χ0n) is 18.0. The van der Waals surface area contributed by atoms with E-state index in [1.165, 1.54) is 37.5 Å². The van der Waals surface area contributed by atoms with Gasteiger partial charge in [0.15, 0.2) is 5.82 Å². The molecule has 0 fully saturated rings. The Bertz CT molecular complexity index is 1500. The Balaban J connectivity index is 1.55. The third kappa shape index (κ3) is 5.30. The van der Waals surface area contributed by atoms with Crippen molar-refractivity contribution in [2.45, 2.75) is 6.18 Å². The standard InChI is InChI=1S/C22H13ClF4N6O3/c1-28-20(35)17-9-12(4-5-29-17)36-11-2-3-15-16(8-11)32-33-21(30-15)31-19(34)13-6-10(22(25,26)27)7-14(23)18(13)24/h2-9H,1H3,(H,28,35)(H,30,31,33,34). The first-order valence-corrected chi connectivity index (χ1v) is 10.3. The number of benzene rings is 2. The van der Waals surface area contributed by atoms with Crippen LogP contribution in [0.3, 0.4) is 0 Å². The number of aromatic nitrogens is 4. The van der Waals surface area contributed by atoms with Gasteiger partial charge in [-0.25, -0.2) is 9.37 Å². The summed E-state index contributed by atoms with van der Waals surface area (Å²) in [5.74, 6) is -2.69. The molecule has 2 heterocycles. The molecule has 0 aliphatic carbocycles. The number of halogens is 5. The van der Waals surface area contributed by atoms with Crippen molar-refractivity contribution < 1.29 is 31.9 Å². The van der Waals surface area contributed by atoms with Crippen molar-refractivity contribution in [3.05, 3.63) is 76.3 Å². The Labute approximate surface area is 204 Å².